The molecule has 2 aromatic rings. The minimum atomic E-state index is -0.499. The van der Waals surface area contributed by atoms with Crippen molar-refractivity contribution in [2.75, 3.05) is 11.9 Å². The van der Waals surface area contributed by atoms with E-state index in [1.165, 1.54) is 0 Å². The quantitative estimate of drug-likeness (QED) is 0.803. The number of rotatable bonds is 4. The zero-order valence-electron chi connectivity index (χ0n) is 10.1. The molecule has 1 heterocycles. The van der Waals surface area contributed by atoms with Gasteiger partial charge in [0.15, 0.2) is 5.58 Å². The minimum absolute atomic E-state index is 0.321. The Hall–Kier alpha value is -2.24. The van der Waals surface area contributed by atoms with Gasteiger partial charge in [-0.05, 0) is 32.0 Å². The van der Waals surface area contributed by atoms with Crippen molar-refractivity contribution in [1.82, 2.24) is 4.98 Å². The smallest absolute Gasteiger partial charge is 0.417 e. The first-order valence-corrected chi connectivity index (χ1v) is 5.66. The van der Waals surface area contributed by atoms with E-state index in [4.69, 9.17) is 9.15 Å². The second kappa shape index (κ2) is 4.95. The van der Waals surface area contributed by atoms with Crippen LogP contribution in [0.2, 0.25) is 0 Å². The molecule has 0 bridgehead atoms. The average molecular weight is 250 g/mol. The largest absolute Gasteiger partial charge is 0.464 e. The van der Waals surface area contributed by atoms with Crippen molar-refractivity contribution in [3.05, 3.63) is 28.7 Å². The van der Waals surface area contributed by atoms with Crippen molar-refractivity contribution in [2.45, 2.75) is 19.9 Å². The zero-order valence-corrected chi connectivity index (χ0v) is 10.1. The van der Waals surface area contributed by atoms with E-state index in [9.17, 15) is 9.59 Å². The zero-order chi connectivity index (χ0) is 13.1. The molecule has 1 aromatic carbocycles. The first-order chi connectivity index (χ1) is 8.60. The Bertz CT molecular complexity index is 614. The number of hydrogen-bond acceptors (Lipinski definition) is 5. The molecule has 1 aromatic heterocycles. The van der Waals surface area contributed by atoms with E-state index in [2.05, 4.69) is 10.3 Å². The van der Waals surface area contributed by atoms with Crippen molar-refractivity contribution in [3.63, 3.8) is 0 Å². The lowest BCUT2D eigenvalue weighted by atomic mass is 10.2. The lowest BCUT2D eigenvalue weighted by molar-refractivity contribution is -0.143. The maximum absolute atomic E-state index is 11.5. The molecule has 0 saturated heterocycles. The Balaban J connectivity index is 2.16. The fraction of sp³-hybridized carbons (Fsp3) is 0.333. The summed E-state index contributed by atoms with van der Waals surface area (Å²) < 4.78 is 9.77. The van der Waals surface area contributed by atoms with Crippen LogP contribution in [0.15, 0.2) is 27.4 Å². The Kier molecular flexibility index (Phi) is 3.36. The molecule has 0 saturated carbocycles. The number of oxazole rings is 1. The highest BCUT2D eigenvalue weighted by atomic mass is 16.5. The maximum Gasteiger partial charge on any atom is 0.417 e. The summed E-state index contributed by atoms with van der Waals surface area (Å²) in [4.78, 5) is 25.0. The third-order valence-corrected chi connectivity index (χ3v) is 2.44. The SMILES string of the molecule is CCOC(=O)C(C)Nc1ccc2oc(=O)[nH]c2c1. The molecule has 0 aliphatic heterocycles. The third-order valence-electron chi connectivity index (χ3n) is 2.44. The number of fused-ring (bicyclic) bond motifs is 1. The minimum Gasteiger partial charge on any atom is -0.464 e. The van der Waals surface area contributed by atoms with Crippen LogP contribution in [-0.2, 0) is 9.53 Å². The van der Waals surface area contributed by atoms with Gasteiger partial charge in [-0.1, -0.05) is 0 Å². The van der Waals surface area contributed by atoms with Crippen molar-refractivity contribution < 1.29 is 13.9 Å². The summed E-state index contributed by atoms with van der Waals surface area (Å²) in [7, 11) is 0. The van der Waals surface area contributed by atoms with Crippen LogP contribution < -0.4 is 11.1 Å². The highest BCUT2D eigenvalue weighted by Gasteiger charge is 2.13. The van der Waals surface area contributed by atoms with Crippen LogP contribution in [0.3, 0.4) is 0 Å². The second-order valence-corrected chi connectivity index (χ2v) is 3.84. The summed E-state index contributed by atoms with van der Waals surface area (Å²) >= 11 is 0. The third kappa shape index (κ3) is 2.53. The Morgan fingerprint density at radius 3 is 3.06 bits per heavy atom. The van der Waals surface area contributed by atoms with Gasteiger partial charge < -0.3 is 14.5 Å². The number of ether oxygens (including phenoxy) is 1. The highest BCUT2D eigenvalue weighted by Crippen LogP contribution is 2.16. The van der Waals surface area contributed by atoms with Crippen LogP contribution >= 0.6 is 0 Å². The number of aromatic amines is 1. The van der Waals surface area contributed by atoms with Crippen LogP contribution in [-0.4, -0.2) is 23.6 Å². The molecule has 0 amide bonds. The van der Waals surface area contributed by atoms with Crippen molar-refractivity contribution in [2.24, 2.45) is 0 Å². The van der Waals surface area contributed by atoms with Gasteiger partial charge >= 0.3 is 11.7 Å². The molecule has 1 atom stereocenters. The van der Waals surface area contributed by atoms with Gasteiger partial charge in [0.1, 0.15) is 6.04 Å². The monoisotopic (exact) mass is 250 g/mol. The van der Waals surface area contributed by atoms with Crippen molar-refractivity contribution in [1.29, 1.82) is 0 Å². The molecule has 0 aliphatic rings. The average Bonchev–Trinajstić information content (AvgIpc) is 2.68. The molecule has 18 heavy (non-hydrogen) atoms. The van der Waals surface area contributed by atoms with E-state index >= 15 is 0 Å². The summed E-state index contributed by atoms with van der Waals surface area (Å²) in [5, 5.41) is 2.99. The standard InChI is InChI=1S/C12H14N2O4/c1-3-17-11(15)7(2)13-8-4-5-10-9(6-8)14-12(16)18-10/h4-7,13H,3H2,1-2H3,(H,14,16). The predicted octanol–water partition coefficient (Wildman–Crippen LogP) is 1.48. The predicted molar refractivity (Wildman–Crippen MR) is 66.6 cm³/mol. The summed E-state index contributed by atoms with van der Waals surface area (Å²) in [6.07, 6.45) is 0. The summed E-state index contributed by atoms with van der Waals surface area (Å²) in [5.74, 6) is -0.820. The van der Waals surface area contributed by atoms with Crippen LogP contribution in [0.5, 0.6) is 0 Å². The highest BCUT2D eigenvalue weighted by molar-refractivity contribution is 5.81. The summed E-state index contributed by atoms with van der Waals surface area (Å²) in [5.41, 5.74) is 1.77. The molecule has 96 valence electrons. The first-order valence-electron chi connectivity index (χ1n) is 5.66. The van der Waals surface area contributed by atoms with Crippen molar-refractivity contribution >= 4 is 22.8 Å². The molecule has 2 N–H and O–H groups in total. The van der Waals surface area contributed by atoms with E-state index in [1.54, 1.807) is 32.0 Å². The molecule has 6 nitrogen and oxygen atoms in total. The number of esters is 1. The van der Waals surface area contributed by atoms with Gasteiger partial charge in [0.2, 0.25) is 0 Å². The molecule has 0 aliphatic carbocycles. The van der Waals surface area contributed by atoms with E-state index in [-0.39, 0.29) is 5.97 Å². The molecule has 2 rings (SSSR count). The van der Waals surface area contributed by atoms with Gasteiger partial charge in [-0.15, -0.1) is 0 Å². The topological polar surface area (TPSA) is 84.3 Å². The maximum atomic E-state index is 11.5. The fourth-order valence-electron chi connectivity index (χ4n) is 1.62. The molecule has 0 spiro atoms. The van der Waals surface area contributed by atoms with E-state index in [0.717, 1.165) is 0 Å². The fourth-order valence-corrected chi connectivity index (χ4v) is 1.62. The van der Waals surface area contributed by atoms with Crippen LogP contribution in [0.25, 0.3) is 11.1 Å². The molecule has 1 unspecified atom stereocenters. The van der Waals surface area contributed by atoms with Crippen LogP contribution in [0, 0.1) is 0 Å². The van der Waals surface area contributed by atoms with Gasteiger partial charge in [-0.25, -0.2) is 9.59 Å². The van der Waals surface area contributed by atoms with Crippen LogP contribution in [0.1, 0.15) is 13.8 Å². The molecular formula is C12H14N2O4. The number of nitrogens with one attached hydrogen (secondary N) is 2. The summed E-state index contributed by atoms with van der Waals surface area (Å²) in [6.45, 7) is 3.81. The van der Waals surface area contributed by atoms with E-state index in [1.807, 2.05) is 0 Å². The number of H-pyrrole nitrogens is 1. The van der Waals surface area contributed by atoms with Gasteiger partial charge in [0.25, 0.3) is 0 Å². The van der Waals surface area contributed by atoms with E-state index < -0.39 is 11.8 Å². The lowest BCUT2D eigenvalue weighted by Crippen LogP contribution is -2.28. The Labute approximate surface area is 103 Å². The molecule has 0 fully saturated rings. The lowest BCUT2D eigenvalue weighted by Gasteiger charge is -2.13. The number of hydrogen-bond donors (Lipinski definition) is 2. The molecule has 0 radical (unpaired) electrons. The van der Waals surface area contributed by atoms with E-state index in [0.29, 0.717) is 23.4 Å². The number of carbonyl (C=O) groups is 1. The van der Waals surface area contributed by atoms with Crippen molar-refractivity contribution in [3.8, 4) is 0 Å². The first kappa shape index (κ1) is 12.2. The number of anilines is 1. The number of aromatic nitrogens is 1. The van der Waals surface area contributed by atoms with Gasteiger partial charge in [0, 0.05) is 5.69 Å². The Morgan fingerprint density at radius 2 is 2.33 bits per heavy atom. The molecular weight excluding hydrogens is 236 g/mol. The number of benzene rings is 1. The van der Waals surface area contributed by atoms with Gasteiger partial charge in [-0.3, -0.25) is 4.98 Å². The Morgan fingerprint density at radius 1 is 1.56 bits per heavy atom. The molecule has 6 heteroatoms. The van der Waals surface area contributed by atoms with Crippen LogP contribution in [0.4, 0.5) is 5.69 Å². The second-order valence-electron chi connectivity index (χ2n) is 3.84. The van der Waals surface area contributed by atoms with Gasteiger partial charge in [0.05, 0.1) is 12.1 Å². The summed E-state index contributed by atoms with van der Waals surface area (Å²) in [6, 6.07) is 4.64. The number of carbonyl (C=O) groups excluding carboxylic acids is 1. The van der Waals surface area contributed by atoms with Gasteiger partial charge in [-0.2, -0.15) is 0 Å². The normalized spacial score (nSPS) is 12.3.